The van der Waals surface area contributed by atoms with Gasteiger partial charge in [-0.05, 0) is 32.8 Å². The Hall–Kier alpha value is -0.870. The fourth-order valence-electron chi connectivity index (χ4n) is 1.84. The number of aliphatic hydroxyl groups excluding tert-OH is 1. The average molecular weight is 226 g/mol. The second kappa shape index (κ2) is 6.66. The third kappa shape index (κ3) is 3.94. The third-order valence-electron chi connectivity index (χ3n) is 2.62. The minimum atomic E-state index is -0.295. The standard InChI is InChI=1S/C12H22N2O2/c1-4-14-11(8-10(2)13-14)9-12(15)6-5-7-16-3/h8,12,15H,4-7,9H2,1-3H3. The summed E-state index contributed by atoms with van der Waals surface area (Å²) in [6.07, 6.45) is 2.06. The van der Waals surface area contributed by atoms with Gasteiger partial charge in [-0.25, -0.2) is 0 Å². The van der Waals surface area contributed by atoms with Crippen LogP contribution in [0.3, 0.4) is 0 Å². The van der Waals surface area contributed by atoms with Gasteiger partial charge in [0.1, 0.15) is 0 Å². The number of aryl methyl sites for hydroxylation is 2. The molecule has 1 atom stereocenters. The lowest BCUT2D eigenvalue weighted by molar-refractivity contribution is 0.133. The predicted octanol–water partition coefficient (Wildman–Crippen LogP) is 1.54. The number of ether oxygens (including phenoxy) is 1. The molecular weight excluding hydrogens is 204 g/mol. The number of methoxy groups -OCH3 is 1. The van der Waals surface area contributed by atoms with Crippen LogP contribution in [-0.4, -0.2) is 34.7 Å². The predicted molar refractivity (Wildman–Crippen MR) is 63.5 cm³/mol. The highest BCUT2D eigenvalue weighted by Crippen LogP contribution is 2.10. The van der Waals surface area contributed by atoms with Gasteiger partial charge in [-0.2, -0.15) is 5.10 Å². The number of hydrogen-bond donors (Lipinski definition) is 1. The van der Waals surface area contributed by atoms with Crippen LogP contribution >= 0.6 is 0 Å². The summed E-state index contributed by atoms with van der Waals surface area (Å²) in [5, 5.41) is 14.2. The molecule has 0 amide bonds. The maximum Gasteiger partial charge on any atom is 0.0596 e. The lowest BCUT2D eigenvalue weighted by atomic mass is 10.1. The summed E-state index contributed by atoms with van der Waals surface area (Å²) < 4.78 is 6.92. The monoisotopic (exact) mass is 226 g/mol. The normalized spacial score (nSPS) is 13.0. The van der Waals surface area contributed by atoms with Gasteiger partial charge in [0.05, 0.1) is 11.8 Å². The molecule has 1 rings (SSSR count). The summed E-state index contributed by atoms with van der Waals surface area (Å²) in [7, 11) is 1.68. The number of hydrogen-bond acceptors (Lipinski definition) is 3. The summed E-state index contributed by atoms with van der Waals surface area (Å²) in [5.41, 5.74) is 2.13. The lowest BCUT2D eigenvalue weighted by Crippen LogP contribution is -2.14. The lowest BCUT2D eigenvalue weighted by Gasteiger charge is -2.11. The first-order chi connectivity index (χ1) is 7.67. The zero-order valence-corrected chi connectivity index (χ0v) is 10.4. The second-order valence-corrected chi connectivity index (χ2v) is 4.09. The Kier molecular flexibility index (Phi) is 5.49. The van der Waals surface area contributed by atoms with Crippen molar-refractivity contribution in [1.82, 2.24) is 9.78 Å². The minimum Gasteiger partial charge on any atom is -0.393 e. The van der Waals surface area contributed by atoms with E-state index in [1.54, 1.807) is 7.11 Å². The van der Waals surface area contributed by atoms with Gasteiger partial charge < -0.3 is 9.84 Å². The first-order valence-electron chi connectivity index (χ1n) is 5.87. The number of nitrogens with zero attached hydrogens (tertiary/aromatic N) is 2. The topological polar surface area (TPSA) is 47.3 Å². The first kappa shape index (κ1) is 13.2. The number of aliphatic hydroxyl groups is 1. The van der Waals surface area contributed by atoms with E-state index >= 15 is 0 Å². The quantitative estimate of drug-likeness (QED) is 0.717. The van der Waals surface area contributed by atoms with Crippen molar-refractivity contribution >= 4 is 0 Å². The van der Waals surface area contributed by atoms with Gasteiger partial charge in [0, 0.05) is 32.4 Å². The first-order valence-corrected chi connectivity index (χ1v) is 5.87. The fourth-order valence-corrected chi connectivity index (χ4v) is 1.84. The molecule has 0 saturated heterocycles. The molecule has 0 spiro atoms. The summed E-state index contributed by atoms with van der Waals surface area (Å²) in [6.45, 7) is 5.61. The Labute approximate surface area is 97.2 Å². The van der Waals surface area contributed by atoms with E-state index in [0.717, 1.165) is 30.8 Å². The average Bonchev–Trinajstić information content (AvgIpc) is 2.59. The van der Waals surface area contributed by atoms with Crippen molar-refractivity contribution in [3.63, 3.8) is 0 Å². The molecule has 4 heteroatoms. The van der Waals surface area contributed by atoms with Gasteiger partial charge in [-0.3, -0.25) is 4.68 Å². The van der Waals surface area contributed by atoms with Gasteiger partial charge >= 0.3 is 0 Å². The van der Waals surface area contributed by atoms with Crippen molar-refractivity contribution in [3.05, 3.63) is 17.5 Å². The van der Waals surface area contributed by atoms with Crippen LogP contribution < -0.4 is 0 Å². The van der Waals surface area contributed by atoms with Crippen LogP contribution in [0.15, 0.2) is 6.07 Å². The highest BCUT2D eigenvalue weighted by atomic mass is 16.5. The highest BCUT2D eigenvalue weighted by molar-refractivity contribution is 5.09. The van der Waals surface area contributed by atoms with Gasteiger partial charge in [-0.15, -0.1) is 0 Å². The molecule has 0 aliphatic carbocycles. The van der Waals surface area contributed by atoms with Crippen LogP contribution in [-0.2, 0) is 17.7 Å². The molecule has 4 nitrogen and oxygen atoms in total. The maximum absolute atomic E-state index is 9.86. The largest absolute Gasteiger partial charge is 0.393 e. The Bertz CT molecular complexity index is 310. The molecule has 0 fully saturated rings. The van der Waals surface area contributed by atoms with E-state index in [0.29, 0.717) is 13.0 Å². The van der Waals surface area contributed by atoms with Gasteiger partial charge in [-0.1, -0.05) is 0 Å². The molecule has 0 bridgehead atoms. The number of aromatic nitrogens is 2. The van der Waals surface area contributed by atoms with Crippen molar-refractivity contribution in [2.75, 3.05) is 13.7 Å². The van der Waals surface area contributed by atoms with Crippen molar-refractivity contribution in [2.45, 2.75) is 45.8 Å². The Morgan fingerprint density at radius 3 is 2.94 bits per heavy atom. The van der Waals surface area contributed by atoms with Gasteiger partial charge in [0.15, 0.2) is 0 Å². The molecule has 0 aromatic carbocycles. The van der Waals surface area contributed by atoms with Crippen molar-refractivity contribution in [1.29, 1.82) is 0 Å². The Morgan fingerprint density at radius 2 is 2.31 bits per heavy atom. The molecule has 1 aromatic rings. The van der Waals surface area contributed by atoms with Crippen LogP contribution in [0.2, 0.25) is 0 Å². The van der Waals surface area contributed by atoms with Crippen LogP contribution in [0, 0.1) is 6.92 Å². The number of rotatable bonds is 7. The molecule has 1 aromatic heterocycles. The van der Waals surface area contributed by atoms with Crippen LogP contribution in [0.1, 0.15) is 31.2 Å². The Morgan fingerprint density at radius 1 is 1.56 bits per heavy atom. The SMILES string of the molecule is CCn1nc(C)cc1CC(O)CCCOC. The van der Waals surface area contributed by atoms with Crippen LogP contribution in [0.5, 0.6) is 0 Å². The van der Waals surface area contributed by atoms with Gasteiger partial charge in [0.25, 0.3) is 0 Å². The fraction of sp³-hybridized carbons (Fsp3) is 0.750. The highest BCUT2D eigenvalue weighted by Gasteiger charge is 2.10. The molecule has 0 radical (unpaired) electrons. The molecule has 1 unspecified atom stereocenters. The molecule has 0 aliphatic heterocycles. The van der Waals surface area contributed by atoms with E-state index in [2.05, 4.69) is 12.0 Å². The van der Waals surface area contributed by atoms with E-state index < -0.39 is 0 Å². The van der Waals surface area contributed by atoms with Crippen molar-refractivity contribution in [2.24, 2.45) is 0 Å². The molecule has 1 N–H and O–H groups in total. The molecule has 0 saturated carbocycles. The van der Waals surface area contributed by atoms with Crippen molar-refractivity contribution in [3.8, 4) is 0 Å². The van der Waals surface area contributed by atoms with E-state index in [1.807, 2.05) is 17.7 Å². The summed E-state index contributed by atoms with van der Waals surface area (Å²) in [5.74, 6) is 0. The minimum absolute atomic E-state index is 0.295. The maximum atomic E-state index is 9.86. The van der Waals surface area contributed by atoms with E-state index in [4.69, 9.17) is 4.74 Å². The molecule has 1 heterocycles. The summed E-state index contributed by atoms with van der Waals surface area (Å²) in [6, 6.07) is 2.04. The molecular formula is C12H22N2O2. The second-order valence-electron chi connectivity index (χ2n) is 4.09. The molecule has 16 heavy (non-hydrogen) atoms. The molecule has 92 valence electrons. The summed E-state index contributed by atoms with van der Waals surface area (Å²) >= 11 is 0. The van der Waals surface area contributed by atoms with Crippen LogP contribution in [0.25, 0.3) is 0 Å². The molecule has 0 aliphatic rings. The third-order valence-corrected chi connectivity index (χ3v) is 2.62. The van der Waals surface area contributed by atoms with E-state index in [9.17, 15) is 5.11 Å². The smallest absolute Gasteiger partial charge is 0.0596 e. The zero-order valence-electron chi connectivity index (χ0n) is 10.4. The van der Waals surface area contributed by atoms with Crippen molar-refractivity contribution < 1.29 is 9.84 Å². The van der Waals surface area contributed by atoms with E-state index in [1.165, 1.54) is 0 Å². The van der Waals surface area contributed by atoms with Gasteiger partial charge in [0.2, 0.25) is 0 Å². The Balaban J connectivity index is 2.45. The zero-order chi connectivity index (χ0) is 12.0. The van der Waals surface area contributed by atoms with E-state index in [-0.39, 0.29) is 6.10 Å². The summed E-state index contributed by atoms with van der Waals surface area (Å²) in [4.78, 5) is 0. The van der Waals surface area contributed by atoms with Crippen LogP contribution in [0.4, 0.5) is 0 Å².